The van der Waals surface area contributed by atoms with Crippen LogP contribution in [-0.4, -0.2) is 28.1 Å². The molecule has 118 valence electrons. The summed E-state index contributed by atoms with van der Waals surface area (Å²) in [7, 11) is 0. The van der Waals surface area contributed by atoms with Gasteiger partial charge in [-0.1, -0.05) is 17.8 Å². The van der Waals surface area contributed by atoms with E-state index < -0.39 is 5.97 Å². The van der Waals surface area contributed by atoms with Crippen LogP contribution in [0.5, 0.6) is 0 Å². The molecule has 21 heavy (non-hydrogen) atoms. The maximum absolute atomic E-state index is 11.6. The number of carboxylic acid groups (broad SMARTS) is 1. The Bertz CT molecular complexity index is 521. The molecule has 0 aromatic carbocycles. The van der Waals surface area contributed by atoms with Crippen molar-refractivity contribution in [2.75, 3.05) is 6.54 Å². The molecule has 0 aliphatic carbocycles. The van der Waals surface area contributed by atoms with Crippen LogP contribution in [0.25, 0.3) is 0 Å². The fraction of sp³-hybridized carbons (Fsp3) is 0.643. The molecule has 0 fully saturated rings. The van der Waals surface area contributed by atoms with Crippen molar-refractivity contribution in [2.24, 2.45) is 0 Å². The molecule has 0 spiro atoms. The van der Waals surface area contributed by atoms with E-state index in [0.29, 0.717) is 32.4 Å². The van der Waals surface area contributed by atoms with Gasteiger partial charge in [0.1, 0.15) is 0 Å². The van der Waals surface area contributed by atoms with Gasteiger partial charge in [0.25, 0.3) is 0 Å². The maximum atomic E-state index is 11.6. The fourth-order valence-electron chi connectivity index (χ4n) is 1.97. The molecule has 0 saturated carbocycles. The van der Waals surface area contributed by atoms with Crippen molar-refractivity contribution in [1.29, 1.82) is 0 Å². The number of hydrogen-bond acceptors (Lipinski definition) is 4. The zero-order valence-electron chi connectivity index (χ0n) is 12.3. The summed E-state index contributed by atoms with van der Waals surface area (Å²) in [5.74, 6) is -0.799. The number of nitrogens with zero attached hydrogens (tertiary/aromatic N) is 1. The van der Waals surface area contributed by atoms with E-state index in [1.165, 1.54) is 11.3 Å². The van der Waals surface area contributed by atoms with Gasteiger partial charge in [-0.15, -0.1) is 0 Å². The van der Waals surface area contributed by atoms with E-state index in [-0.39, 0.29) is 17.2 Å². The predicted molar refractivity (Wildman–Crippen MR) is 81.7 cm³/mol. The zero-order valence-corrected chi connectivity index (χ0v) is 13.1. The summed E-state index contributed by atoms with van der Waals surface area (Å²) in [6.45, 7) is 3.03. The highest BCUT2D eigenvalue weighted by Gasteiger charge is 2.05. The normalized spacial score (nSPS) is 10.5. The van der Waals surface area contributed by atoms with Crippen molar-refractivity contribution >= 4 is 23.2 Å². The highest BCUT2D eigenvalue weighted by Crippen LogP contribution is 2.02. The lowest BCUT2D eigenvalue weighted by atomic mass is 10.2. The minimum Gasteiger partial charge on any atom is -0.481 e. The highest BCUT2D eigenvalue weighted by molar-refractivity contribution is 7.07. The van der Waals surface area contributed by atoms with E-state index >= 15 is 0 Å². The van der Waals surface area contributed by atoms with E-state index in [2.05, 4.69) is 5.32 Å². The number of aryl methyl sites for hydroxylation is 1. The standard InChI is InChI=1S/C14H22N2O4S/c1-11-10-21-14(20)16(11)9-5-6-12(17)15-8-4-2-3-7-13(18)19/h10H,2-9H2,1H3,(H,15,17)(H,18,19). The fourth-order valence-corrected chi connectivity index (χ4v) is 2.73. The first-order valence-corrected chi connectivity index (χ1v) is 8.02. The van der Waals surface area contributed by atoms with Crippen LogP contribution in [-0.2, 0) is 16.1 Å². The van der Waals surface area contributed by atoms with Gasteiger partial charge in [-0.05, 0) is 26.2 Å². The van der Waals surface area contributed by atoms with E-state index in [9.17, 15) is 14.4 Å². The predicted octanol–water partition coefficient (Wildman–Crippen LogP) is 1.76. The minimum atomic E-state index is -0.780. The van der Waals surface area contributed by atoms with Crippen LogP contribution in [0.3, 0.4) is 0 Å². The van der Waals surface area contributed by atoms with Gasteiger partial charge in [-0.3, -0.25) is 14.4 Å². The Balaban J connectivity index is 2.07. The number of carbonyl (C=O) groups is 2. The van der Waals surface area contributed by atoms with Crippen molar-refractivity contribution < 1.29 is 14.7 Å². The summed E-state index contributed by atoms with van der Waals surface area (Å²) in [6.07, 6.45) is 3.46. The number of hydrogen-bond donors (Lipinski definition) is 2. The molecule has 1 heterocycles. The molecule has 2 N–H and O–H groups in total. The Morgan fingerprint density at radius 3 is 2.62 bits per heavy atom. The topological polar surface area (TPSA) is 88.4 Å². The minimum absolute atomic E-state index is 0.0193. The molecule has 0 saturated heterocycles. The Kier molecular flexibility index (Phi) is 7.74. The van der Waals surface area contributed by atoms with E-state index in [1.54, 1.807) is 4.57 Å². The van der Waals surface area contributed by atoms with Crippen LogP contribution in [0.4, 0.5) is 0 Å². The molecule has 0 aliphatic heterocycles. The first-order chi connectivity index (χ1) is 10.0. The second-order valence-electron chi connectivity index (χ2n) is 4.95. The summed E-state index contributed by atoms with van der Waals surface area (Å²) in [5, 5.41) is 13.1. The smallest absolute Gasteiger partial charge is 0.307 e. The number of aromatic nitrogens is 1. The van der Waals surface area contributed by atoms with Crippen LogP contribution in [0.15, 0.2) is 10.2 Å². The van der Waals surface area contributed by atoms with E-state index in [1.807, 2.05) is 12.3 Å². The molecule has 6 nitrogen and oxygen atoms in total. The number of thiazole rings is 1. The lowest BCUT2D eigenvalue weighted by Crippen LogP contribution is -2.25. The summed E-state index contributed by atoms with van der Waals surface area (Å²) in [6, 6.07) is 0. The molecule has 0 atom stereocenters. The lowest BCUT2D eigenvalue weighted by Gasteiger charge is -2.06. The second-order valence-corrected chi connectivity index (χ2v) is 5.77. The molecule has 1 rings (SSSR count). The number of aliphatic carboxylic acids is 1. The molecule has 0 bridgehead atoms. The van der Waals surface area contributed by atoms with Gasteiger partial charge in [0.2, 0.25) is 5.91 Å². The van der Waals surface area contributed by atoms with Crippen molar-refractivity contribution in [1.82, 2.24) is 9.88 Å². The molecule has 1 aromatic rings. The molecular weight excluding hydrogens is 292 g/mol. The van der Waals surface area contributed by atoms with Crippen LogP contribution in [0, 0.1) is 6.92 Å². The molecule has 0 radical (unpaired) electrons. The summed E-state index contributed by atoms with van der Waals surface area (Å²) in [5.41, 5.74) is 0.934. The van der Waals surface area contributed by atoms with Gasteiger partial charge in [-0.2, -0.15) is 0 Å². The molecule has 0 aliphatic rings. The van der Waals surface area contributed by atoms with E-state index in [0.717, 1.165) is 18.5 Å². The van der Waals surface area contributed by atoms with Crippen LogP contribution in [0.1, 0.15) is 44.2 Å². The van der Waals surface area contributed by atoms with Crippen LogP contribution in [0.2, 0.25) is 0 Å². The number of amides is 1. The van der Waals surface area contributed by atoms with Crippen LogP contribution >= 0.6 is 11.3 Å². The number of nitrogens with one attached hydrogen (secondary N) is 1. The summed E-state index contributed by atoms with van der Waals surface area (Å²) >= 11 is 1.18. The molecule has 0 unspecified atom stereocenters. The lowest BCUT2D eigenvalue weighted by molar-refractivity contribution is -0.137. The van der Waals surface area contributed by atoms with Gasteiger partial charge in [-0.25, -0.2) is 0 Å². The van der Waals surface area contributed by atoms with Crippen molar-refractivity contribution in [3.63, 3.8) is 0 Å². The quantitative estimate of drug-likeness (QED) is 0.644. The summed E-state index contributed by atoms with van der Waals surface area (Å²) in [4.78, 5) is 33.4. The third kappa shape index (κ3) is 7.08. The van der Waals surface area contributed by atoms with Gasteiger partial charge in [0, 0.05) is 37.0 Å². The van der Waals surface area contributed by atoms with Gasteiger partial charge in [0.15, 0.2) is 0 Å². The Hall–Kier alpha value is -1.63. The second kappa shape index (κ2) is 9.33. The molecular formula is C14H22N2O4S. The van der Waals surface area contributed by atoms with E-state index in [4.69, 9.17) is 5.11 Å². The molecule has 7 heteroatoms. The average molecular weight is 314 g/mol. The Labute approximate surface area is 127 Å². The molecule has 1 aromatic heterocycles. The number of carbonyl (C=O) groups excluding carboxylic acids is 1. The van der Waals surface area contributed by atoms with Gasteiger partial charge >= 0.3 is 10.8 Å². The van der Waals surface area contributed by atoms with Crippen molar-refractivity contribution in [3.8, 4) is 0 Å². The molecule has 1 amide bonds. The third-order valence-electron chi connectivity index (χ3n) is 3.15. The number of carboxylic acids is 1. The Morgan fingerprint density at radius 2 is 2.00 bits per heavy atom. The third-order valence-corrected chi connectivity index (χ3v) is 4.03. The first-order valence-electron chi connectivity index (χ1n) is 7.14. The van der Waals surface area contributed by atoms with Crippen molar-refractivity contribution in [2.45, 2.75) is 52.0 Å². The maximum Gasteiger partial charge on any atom is 0.307 e. The van der Waals surface area contributed by atoms with Gasteiger partial charge < -0.3 is 15.0 Å². The monoisotopic (exact) mass is 314 g/mol. The highest BCUT2D eigenvalue weighted by atomic mass is 32.1. The Morgan fingerprint density at radius 1 is 1.24 bits per heavy atom. The summed E-state index contributed by atoms with van der Waals surface area (Å²) < 4.78 is 1.68. The largest absolute Gasteiger partial charge is 0.481 e. The average Bonchev–Trinajstić information content (AvgIpc) is 2.74. The zero-order chi connectivity index (χ0) is 15.7. The SMILES string of the molecule is Cc1csc(=O)n1CCCC(=O)NCCCCCC(=O)O. The van der Waals surface area contributed by atoms with Crippen LogP contribution < -0.4 is 10.2 Å². The number of rotatable bonds is 10. The van der Waals surface area contributed by atoms with Gasteiger partial charge in [0.05, 0.1) is 0 Å². The van der Waals surface area contributed by atoms with Crippen molar-refractivity contribution in [3.05, 3.63) is 20.7 Å². The number of unbranched alkanes of at least 4 members (excludes halogenated alkanes) is 2. The first kappa shape index (κ1) is 17.4.